The molecule has 2 aromatic rings. The maximum Gasteiger partial charge on any atom is 0.331 e. The molecule has 2 aromatic heterocycles. The van der Waals surface area contributed by atoms with Crippen LogP contribution in [0.5, 0.6) is 0 Å². The van der Waals surface area contributed by atoms with Crippen LogP contribution in [0.25, 0.3) is 11.5 Å². The average Bonchev–Trinajstić information content (AvgIpc) is 3.32. The zero-order chi connectivity index (χ0) is 19.1. The van der Waals surface area contributed by atoms with Crippen LogP contribution in [0.3, 0.4) is 0 Å². The molecule has 2 aliphatic rings. The number of Topliss-reactive ketones (excluding diaryl/α,β-unsaturated/α-hetero) is 1. The number of ketones is 1. The predicted molar refractivity (Wildman–Crippen MR) is 99.9 cm³/mol. The summed E-state index contributed by atoms with van der Waals surface area (Å²) in [5, 5.41) is 9.35. The van der Waals surface area contributed by atoms with Gasteiger partial charge in [-0.25, -0.2) is 9.78 Å². The van der Waals surface area contributed by atoms with E-state index >= 15 is 0 Å². The molecule has 0 spiro atoms. The minimum absolute atomic E-state index is 0.106. The minimum atomic E-state index is -0.978. The van der Waals surface area contributed by atoms with Gasteiger partial charge in [0.15, 0.2) is 5.78 Å². The van der Waals surface area contributed by atoms with Crippen LogP contribution in [0.15, 0.2) is 15.6 Å². The lowest BCUT2D eigenvalue weighted by atomic mass is 9.99. The van der Waals surface area contributed by atoms with Crippen molar-refractivity contribution in [3.8, 4) is 11.5 Å². The number of aromatic nitrogens is 1. The van der Waals surface area contributed by atoms with Gasteiger partial charge in [-0.05, 0) is 45.1 Å². The second-order valence-corrected chi connectivity index (χ2v) is 8.17. The lowest BCUT2D eigenvalue weighted by Gasteiger charge is -2.12. The predicted octanol–water partition coefficient (Wildman–Crippen LogP) is 3.77. The highest BCUT2D eigenvalue weighted by Crippen LogP contribution is 2.40. The van der Waals surface area contributed by atoms with Crippen molar-refractivity contribution in [2.45, 2.75) is 52.6 Å². The molecule has 142 valence electrons. The molecule has 0 radical (unpaired) electrons. The van der Waals surface area contributed by atoms with E-state index in [4.69, 9.17) is 9.15 Å². The van der Waals surface area contributed by atoms with E-state index in [1.807, 2.05) is 13.8 Å². The van der Waals surface area contributed by atoms with E-state index in [1.54, 1.807) is 11.3 Å². The number of oxazole rings is 1. The summed E-state index contributed by atoms with van der Waals surface area (Å²) < 4.78 is 11.4. The lowest BCUT2D eigenvalue weighted by Crippen LogP contribution is -2.10. The molecule has 6 nitrogen and oxygen atoms in total. The van der Waals surface area contributed by atoms with Gasteiger partial charge in [0.05, 0.1) is 24.5 Å². The zero-order valence-corrected chi connectivity index (χ0v) is 16.2. The smallest absolute Gasteiger partial charge is 0.331 e. The van der Waals surface area contributed by atoms with Crippen molar-refractivity contribution in [2.24, 2.45) is 0 Å². The number of carbonyl (C=O) groups is 2. The van der Waals surface area contributed by atoms with E-state index in [9.17, 15) is 14.7 Å². The molecule has 1 aliphatic carbocycles. The average molecular weight is 387 g/mol. The summed E-state index contributed by atoms with van der Waals surface area (Å²) in [6.07, 6.45) is 2.68. The molecule has 0 saturated carbocycles. The number of aliphatic carboxylic acids is 1. The summed E-state index contributed by atoms with van der Waals surface area (Å²) in [7, 11) is 0. The SMILES string of the molecule is Cc1nc(-c2c(CC(=O)C3=C(C(=O)O)CCC3)sc3c2CCOC3)oc1C. The third-order valence-corrected chi connectivity index (χ3v) is 6.47. The number of thiophene rings is 1. The molecule has 7 heteroatoms. The number of aryl methyl sites for hydroxylation is 2. The van der Waals surface area contributed by atoms with E-state index in [0.717, 1.165) is 45.2 Å². The van der Waals surface area contributed by atoms with E-state index in [2.05, 4.69) is 4.98 Å². The lowest BCUT2D eigenvalue weighted by molar-refractivity contribution is -0.133. The van der Waals surface area contributed by atoms with Gasteiger partial charge >= 0.3 is 5.97 Å². The molecular formula is C20H21NO5S. The fourth-order valence-electron chi connectivity index (χ4n) is 3.78. The number of hydrogen-bond donors (Lipinski definition) is 1. The van der Waals surface area contributed by atoms with Crippen LogP contribution in [0.4, 0.5) is 0 Å². The molecule has 0 fully saturated rings. The number of carboxylic acids is 1. The van der Waals surface area contributed by atoms with Crippen LogP contribution in [-0.2, 0) is 33.8 Å². The second-order valence-electron chi connectivity index (χ2n) is 6.98. The Balaban J connectivity index is 1.75. The molecule has 27 heavy (non-hydrogen) atoms. The molecule has 0 aromatic carbocycles. The summed E-state index contributed by atoms with van der Waals surface area (Å²) in [4.78, 5) is 30.9. The summed E-state index contributed by atoms with van der Waals surface area (Å²) in [6.45, 7) is 4.94. The van der Waals surface area contributed by atoms with Crippen LogP contribution >= 0.6 is 11.3 Å². The Bertz CT molecular complexity index is 946. The number of ether oxygens (including phenoxy) is 1. The van der Waals surface area contributed by atoms with E-state index in [1.165, 1.54) is 0 Å². The summed E-state index contributed by atoms with van der Waals surface area (Å²) in [6, 6.07) is 0. The first-order valence-corrected chi connectivity index (χ1v) is 9.91. The summed E-state index contributed by atoms with van der Waals surface area (Å²) >= 11 is 1.55. The largest absolute Gasteiger partial charge is 0.478 e. The highest BCUT2D eigenvalue weighted by molar-refractivity contribution is 7.12. The van der Waals surface area contributed by atoms with E-state index in [-0.39, 0.29) is 17.8 Å². The Morgan fingerprint density at radius 3 is 2.67 bits per heavy atom. The normalized spacial score (nSPS) is 16.7. The fraction of sp³-hybridized carbons (Fsp3) is 0.450. The first kappa shape index (κ1) is 18.1. The maximum absolute atomic E-state index is 12.9. The van der Waals surface area contributed by atoms with Crippen molar-refractivity contribution in [3.63, 3.8) is 0 Å². The first-order valence-electron chi connectivity index (χ1n) is 9.09. The number of hydrogen-bond acceptors (Lipinski definition) is 6. The van der Waals surface area contributed by atoms with Crippen molar-refractivity contribution < 1.29 is 23.8 Å². The molecule has 0 unspecified atom stereocenters. The van der Waals surface area contributed by atoms with Gasteiger partial charge in [-0.3, -0.25) is 4.79 Å². The Hall–Kier alpha value is -2.25. The third-order valence-electron chi connectivity index (χ3n) is 5.27. The standard InChI is InChI=1S/C20H21NO5S/c1-10-11(2)26-19(21-10)18-14-6-7-25-9-17(14)27-16(18)8-15(22)12-4-3-5-13(12)20(23)24/h3-9H2,1-2H3,(H,23,24). The van der Waals surface area contributed by atoms with Crippen LogP contribution < -0.4 is 0 Å². The number of carboxylic acid groups (broad SMARTS) is 1. The van der Waals surface area contributed by atoms with Crippen LogP contribution in [0, 0.1) is 13.8 Å². The quantitative estimate of drug-likeness (QED) is 0.840. The van der Waals surface area contributed by atoms with E-state index < -0.39 is 5.97 Å². The van der Waals surface area contributed by atoms with Crippen LogP contribution in [0.2, 0.25) is 0 Å². The highest BCUT2D eigenvalue weighted by Gasteiger charge is 2.30. The van der Waals surface area contributed by atoms with Gasteiger partial charge in [-0.1, -0.05) is 0 Å². The topological polar surface area (TPSA) is 89.6 Å². The van der Waals surface area contributed by atoms with Gasteiger partial charge in [0.25, 0.3) is 0 Å². The fourth-order valence-corrected chi connectivity index (χ4v) is 5.06. The monoisotopic (exact) mass is 387 g/mol. The van der Waals surface area contributed by atoms with Crippen molar-refractivity contribution in [1.82, 2.24) is 4.98 Å². The number of fused-ring (bicyclic) bond motifs is 1. The molecule has 0 saturated heterocycles. The van der Waals surface area contributed by atoms with Crippen LogP contribution in [-0.4, -0.2) is 28.4 Å². The molecule has 1 N–H and O–H groups in total. The van der Waals surface area contributed by atoms with Crippen molar-refractivity contribution >= 4 is 23.1 Å². The Kier molecular flexibility index (Phi) is 4.74. The van der Waals surface area contributed by atoms with Crippen molar-refractivity contribution in [3.05, 3.63) is 37.9 Å². The molecule has 0 atom stereocenters. The summed E-state index contributed by atoms with van der Waals surface area (Å²) in [5.74, 6) is 0.228. The molecule has 4 rings (SSSR count). The molecule has 0 bridgehead atoms. The van der Waals surface area contributed by atoms with Crippen molar-refractivity contribution in [2.75, 3.05) is 6.61 Å². The van der Waals surface area contributed by atoms with Gasteiger partial charge in [0.2, 0.25) is 5.89 Å². The van der Waals surface area contributed by atoms with Crippen molar-refractivity contribution in [1.29, 1.82) is 0 Å². The Labute approximate surface area is 160 Å². The van der Waals surface area contributed by atoms with Gasteiger partial charge < -0.3 is 14.3 Å². The highest BCUT2D eigenvalue weighted by atomic mass is 32.1. The Morgan fingerprint density at radius 1 is 1.19 bits per heavy atom. The minimum Gasteiger partial charge on any atom is -0.478 e. The van der Waals surface area contributed by atoms with Gasteiger partial charge in [-0.15, -0.1) is 11.3 Å². The van der Waals surface area contributed by atoms with Gasteiger partial charge in [0.1, 0.15) is 5.76 Å². The third kappa shape index (κ3) is 3.26. The number of rotatable bonds is 5. The Morgan fingerprint density at radius 2 is 1.96 bits per heavy atom. The number of allylic oxidation sites excluding steroid dienone is 1. The first-order chi connectivity index (χ1) is 13.0. The molecule has 3 heterocycles. The zero-order valence-electron chi connectivity index (χ0n) is 15.4. The van der Waals surface area contributed by atoms with Crippen LogP contribution in [0.1, 0.15) is 46.0 Å². The molecule has 0 amide bonds. The number of carbonyl (C=O) groups excluding carboxylic acids is 1. The second kappa shape index (κ2) is 7.05. The van der Waals surface area contributed by atoms with Gasteiger partial charge in [-0.2, -0.15) is 0 Å². The molecular weight excluding hydrogens is 366 g/mol. The summed E-state index contributed by atoms with van der Waals surface area (Å²) in [5.41, 5.74) is 3.62. The molecule has 1 aliphatic heterocycles. The number of nitrogens with zero attached hydrogens (tertiary/aromatic N) is 1. The van der Waals surface area contributed by atoms with Gasteiger partial charge in [0, 0.05) is 27.3 Å². The van der Waals surface area contributed by atoms with E-state index in [0.29, 0.717) is 37.5 Å². The maximum atomic E-state index is 12.9.